The standard InChI is InChI=1S/C16H18N2O3/c17-15(19)9-21-13-5-3-12(4-6-13)18-16(20)14-8-10-1-2-11(14)7-10/h1-6,10-11,14H,7-9H2,(H2,17,19)(H,18,20)/t10-,11-,14-/m0/s1. The van der Waals surface area contributed by atoms with Gasteiger partial charge in [-0.15, -0.1) is 0 Å². The van der Waals surface area contributed by atoms with E-state index in [-0.39, 0.29) is 18.4 Å². The van der Waals surface area contributed by atoms with Crippen molar-refractivity contribution in [3.8, 4) is 5.75 Å². The highest BCUT2D eigenvalue weighted by Crippen LogP contribution is 2.43. The van der Waals surface area contributed by atoms with Crippen LogP contribution in [0.3, 0.4) is 0 Å². The second-order valence-corrected chi connectivity index (χ2v) is 5.66. The number of fused-ring (bicyclic) bond motifs is 2. The summed E-state index contributed by atoms with van der Waals surface area (Å²) in [6.45, 7) is -0.150. The largest absolute Gasteiger partial charge is 0.484 e. The third kappa shape index (κ3) is 3.07. The minimum atomic E-state index is -0.517. The van der Waals surface area contributed by atoms with Gasteiger partial charge in [0.25, 0.3) is 5.91 Å². The minimum Gasteiger partial charge on any atom is -0.484 e. The average Bonchev–Trinajstić information content (AvgIpc) is 3.09. The van der Waals surface area contributed by atoms with Gasteiger partial charge in [-0.25, -0.2) is 0 Å². The summed E-state index contributed by atoms with van der Waals surface area (Å²) in [7, 11) is 0. The molecular formula is C16H18N2O3. The molecule has 21 heavy (non-hydrogen) atoms. The molecule has 1 fully saturated rings. The Bertz CT molecular complexity index is 580. The monoisotopic (exact) mass is 286 g/mol. The summed E-state index contributed by atoms with van der Waals surface area (Å²) in [5.74, 6) is 1.18. The Hall–Kier alpha value is -2.30. The van der Waals surface area contributed by atoms with Crippen LogP contribution in [0.2, 0.25) is 0 Å². The van der Waals surface area contributed by atoms with Crippen molar-refractivity contribution in [2.75, 3.05) is 11.9 Å². The molecule has 2 bridgehead atoms. The van der Waals surface area contributed by atoms with E-state index in [2.05, 4.69) is 17.5 Å². The van der Waals surface area contributed by atoms with E-state index < -0.39 is 5.91 Å². The molecule has 0 heterocycles. The molecule has 5 nitrogen and oxygen atoms in total. The third-order valence-corrected chi connectivity index (χ3v) is 4.12. The maximum atomic E-state index is 12.3. The molecule has 0 unspecified atom stereocenters. The Morgan fingerprint density at radius 2 is 1.95 bits per heavy atom. The molecule has 1 aromatic rings. The number of allylic oxidation sites excluding steroid dienone is 2. The first-order valence-corrected chi connectivity index (χ1v) is 7.12. The number of benzene rings is 1. The van der Waals surface area contributed by atoms with Gasteiger partial charge in [-0.1, -0.05) is 12.2 Å². The van der Waals surface area contributed by atoms with E-state index in [1.54, 1.807) is 24.3 Å². The van der Waals surface area contributed by atoms with Crippen LogP contribution in [0.1, 0.15) is 12.8 Å². The van der Waals surface area contributed by atoms with Crippen molar-refractivity contribution in [2.24, 2.45) is 23.5 Å². The van der Waals surface area contributed by atoms with Crippen LogP contribution in [0.5, 0.6) is 5.75 Å². The number of amides is 2. The maximum absolute atomic E-state index is 12.3. The first kappa shape index (κ1) is 13.7. The average molecular weight is 286 g/mol. The van der Waals surface area contributed by atoms with Crippen LogP contribution >= 0.6 is 0 Å². The van der Waals surface area contributed by atoms with Gasteiger partial charge in [0.05, 0.1) is 0 Å². The molecule has 5 heteroatoms. The Morgan fingerprint density at radius 3 is 2.52 bits per heavy atom. The number of ether oxygens (including phenoxy) is 1. The van der Waals surface area contributed by atoms with E-state index in [1.165, 1.54) is 0 Å². The number of carbonyl (C=O) groups excluding carboxylic acids is 2. The molecule has 0 radical (unpaired) electrons. The Morgan fingerprint density at radius 1 is 1.19 bits per heavy atom. The highest BCUT2D eigenvalue weighted by atomic mass is 16.5. The SMILES string of the molecule is NC(=O)COc1ccc(NC(=O)[C@H]2C[C@H]3C=C[C@H]2C3)cc1. The normalized spacial score (nSPS) is 25.8. The number of carbonyl (C=O) groups is 2. The van der Waals surface area contributed by atoms with Crippen molar-refractivity contribution in [1.82, 2.24) is 0 Å². The summed E-state index contributed by atoms with van der Waals surface area (Å²) in [5, 5.41) is 2.94. The summed E-state index contributed by atoms with van der Waals surface area (Å²) >= 11 is 0. The van der Waals surface area contributed by atoms with Gasteiger partial charge in [-0.05, 0) is 48.9 Å². The summed E-state index contributed by atoms with van der Waals surface area (Å²) in [5.41, 5.74) is 5.74. The molecule has 2 aliphatic rings. The molecule has 0 aromatic heterocycles. The fourth-order valence-corrected chi connectivity index (χ4v) is 3.11. The number of rotatable bonds is 5. The quantitative estimate of drug-likeness (QED) is 0.808. The topological polar surface area (TPSA) is 81.4 Å². The van der Waals surface area contributed by atoms with E-state index in [9.17, 15) is 9.59 Å². The Labute approximate surface area is 123 Å². The summed E-state index contributed by atoms with van der Waals surface area (Å²) < 4.78 is 5.17. The smallest absolute Gasteiger partial charge is 0.255 e. The summed E-state index contributed by atoms with van der Waals surface area (Å²) in [6.07, 6.45) is 6.45. The highest BCUT2D eigenvalue weighted by molar-refractivity contribution is 5.93. The van der Waals surface area contributed by atoms with Gasteiger partial charge in [0, 0.05) is 11.6 Å². The van der Waals surface area contributed by atoms with E-state index in [4.69, 9.17) is 10.5 Å². The van der Waals surface area contributed by atoms with E-state index in [1.807, 2.05) is 0 Å². The lowest BCUT2D eigenvalue weighted by molar-refractivity contribution is -0.121. The molecule has 1 saturated carbocycles. The van der Waals surface area contributed by atoms with E-state index >= 15 is 0 Å². The van der Waals surface area contributed by atoms with Gasteiger partial charge in [-0.3, -0.25) is 9.59 Å². The first-order chi connectivity index (χ1) is 10.1. The number of nitrogens with two attached hydrogens (primary N) is 1. The molecule has 2 amide bonds. The zero-order valence-electron chi connectivity index (χ0n) is 11.6. The van der Waals surface area contributed by atoms with Crippen molar-refractivity contribution in [1.29, 1.82) is 0 Å². The zero-order chi connectivity index (χ0) is 14.8. The second kappa shape index (κ2) is 5.60. The van der Waals surface area contributed by atoms with Crippen molar-refractivity contribution < 1.29 is 14.3 Å². The predicted molar refractivity (Wildman–Crippen MR) is 78.6 cm³/mol. The fraction of sp³-hybridized carbons (Fsp3) is 0.375. The third-order valence-electron chi connectivity index (χ3n) is 4.12. The van der Waals surface area contributed by atoms with Crippen LogP contribution in [0.15, 0.2) is 36.4 Å². The van der Waals surface area contributed by atoms with E-state index in [0.29, 0.717) is 17.6 Å². The lowest BCUT2D eigenvalue weighted by Crippen LogP contribution is -2.25. The molecule has 3 rings (SSSR count). The second-order valence-electron chi connectivity index (χ2n) is 5.66. The van der Waals surface area contributed by atoms with Gasteiger partial charge in [0.15, 0.2) is 6.61 Å². The lowest BCUT2D eigenvalue weighted by Gasteiger charge is -2.17. The minimum absolute atomic E-state index is 0.0812. The number of hydrogen-bond donors (Lipinski definition) is 2. The molecule has 0 aliphatic heterocycles. The van der Waals surface area contributed by atoms with Crippen LogP contribution in [-0.4, -0.2) is 18.4 Å². The van der Waals surface area contributed by atoms with Crippen LogP contribution in [-0.2, 0) is 9.59 Å². The van der Waals surface area contributed by atoms with Crippen molar-refractivity contribution in [2.45, 2.75) is 12.8 Å². The van der Waals surface area contributed by atoms with Gasteiger partial charge < -0.3 is 15.8 Å². The summed E-state index contributed by atoms with van der Waals surface area (Å²) in [6, 6.07) is 6.94. The number of hydrogen-bond acceptors (Lipinski definition) is 3. The van der Waals surface area contributed by atoms with Crippen LogP contribution in [0.4, 0.5) is 5.69 Å². The van der Waals surface area contributed by atoms with E-state index in [0.717, 1.165) is 18.5 Å². The Balaban J connectivity index is 1.56. The Kier molecular flexibility index (Phi) is 3.64. The molecular weight excluding hydrogens is 268 g/mol. The molecule has 3 N–H and O–H groups in total. The molecule has 3 atom stereocenters. The van der Waals surface area contributed by atoms with Crippen LogP contribution in [0, 0.1) is 17.8 Å². The predicted octanol–water partition coefficient (Wildman–Crippen LogP) is 1.70. The number of nitrogens with one attached hydrogen (secondary N) is 1. The van der Waals surface area contributed by atoms with Crippen LogP contribution < -0.4 is 15.8 Å². The lowest BCUT2D eigenvalue weighted by atomic mass is 9.93. The maximum Gasteiger partial charge on any atom is 0.255 e. The van der Waals surface area contributed by atoms with Crippen molar-refractivity contribution in [3.05, 3.63) is 36.4 Å². The fourth-order valence-electron chi connectivity index (χ4n) is 3.11. The van der Waals surface area contributed by atoms with Gasteiger partial charge in [0.2, 0.25) is 5.91 Å². The van der Waals surface area contributed by atoms with Crippen LogP contribution in [0.25, 0.3) is 0 Å². The molecule has 0 spiro atoms. The van der Waals surface area contributed by atoms with Gasteiger partial charge in [-0.2, -0.15) is 0 Å². The molecule has 0 saturated heterocycles. The summed E-state index contributed by atoms with van der Waals surface area (Å²) in [4.78, 5) is 22.9. The first-order valence-electron chi connectivity index (χ1n) is 7.12. The molecule has 1 aromatic carbocycles. The highest BCUT2D eigenvalue weighted by Gasteiger charge is 2.39. The van der Waals surface area contributed by atoms with Crippen molar-refractivity contribution >= 4 is 17.5 Å². The molecule has 110 valence electrons. The van der Waals surface area contributed by atoms with Crippen molar-refractivity contribution in [3.63, 3.8) is 0 Å². The molecule has 2 aliphatic carbocycles. The number of anilines is 1. The van der Waals surface area contributed by atoms with Gasteiger partial charge >= 0.3 is 0 Å². The zero-order valence-corrected chi connectivity index (χ0v) is 11.6. The number of primary amides is 1. The van der Waals surface area contributed by atoms with Gasteiger partial charge in [0.1, 0.15) is 5.75 Å².